The van der Waals surface area contributed by atoms with Gasteiger partial charge in [-0.1, -0.05) is 24.3 Å². The van der Waals surface area contributed by atoms with Crippen molar-refractivity contribution in [1.29, 1.82) is 0 Å². The van der Waals surface area contributed by atoms with E-state index < -0.39 is 30.4 Å². The average Bonchev–Trinajstić information content (AvgIpc) is 3.19. The van der Waals surface area contributed by atoms with Crippen LogP contribution in [0.15, 0.2) is 47.1 Å². The van der Waals surface area contributed by atoms with Gasteiger partial charge >= 0.3 is 13.3 Å². The molecule has 1 aromatic heterocycles. The summed E-state index contributed by atoms with van der Waals surface area (Å²) < 4.78 is 54.6. The Morgan fingerprint density at radius 1 is 1.16 bits per heavy atom. The van der Waals surface area contributed by atoms with Gasteiger partial charge in [-0.25, -0.2) is 0 Å². The van der Waals surface area contributed by atoms with Crippen LogP contribution in [0.1, 0.15) is 21.5 Å². The minimum atomic E-state index is -5.74. The number of methoxy groups -OCH3 is 2. The van der Waals surface area contributed by atoms with E-state index >= 15 is 0 Å². The second-order valence-corrected chi connectivity index (χ2v) is 8.01. The molecule has 3 aromatic rings. The lowest BCUT2D eigenvalue weighted by atomic mass is 10.0. The predicted octanol–water partition coefficient (Wildman–Crippen LogP) is 4.28. The van der Waals surface area contributed by atoms with Crippen molar-refractivity contribution in [3.05, 3.63) is 59.4 Å². The number of alkyl halides is 2. The first kappa shape index (κ1) is 22.5. The fraction of sp³-hybridized carbons (Fsp3) is 0.150. The van der Waals surface area contributed by atoms with Gasteiger partial charge in [0.2, 0.25) is 5.75 Å². The van der Waals surface area contributed by atoms with Crippen LogP contribution in [-0.4, -0.2) is 34.9 Å². The van der Waals surface area contributed by atoms with Gasteiger partial charge < -0.3 is 28.8 Å². The third kappa shape index (κ3) is 3.93. The van der Waals surface area contributed by atoms with Gasteiger partial charge in [0.25, 0.3) is 0 Å². The Morgan fingerprint density at radius 3 is 2.45 bits per heavy atom. The molecule has 3 rings (SSSR count). The maximum atomic E-state index is 13.9. The summed E-state index contributed by atoms with van der Waals surface area (Å²) in [6, 6.07) is 5.76. The molecule has 0 aliphatic rings. The van der Waals surface area contributed by atoms with Crippen LogP contribution in [0.2, 0.25) is 0 Å². The first-order chi connectivity index (χ1) is 14.5. The molecule has 0 fully saturated rings. The summed E-state index contributed by atoms with van der Waals surface area (Å²) in [6.07, 6.45) is 3.48. The highest BCUT2D eigenvalue weighted by Crippen LogP contribution is 2.59. The Morgan fingerprint density at radius 2 is 1.84 bits per heavy atom. The van der Waals surface area contributed by atoms with Gasteiger partial charge in [0.15, 0.2) is 17.1 Å². The van der Waals surface area contributed by atoms with Crippen LogP contribution in [-0.2, 0) is 10.2 Å². The molecule has 0 saturated carbocycles. The molecule has 3 N–H and O–H groups in total. The summed E-state index contributed by atoms with van der Waals surface area (Å²) in [5.41, 5.74) is -5.28. The van der Waals surface area contributed by atoms with E-state index in [9.17, 15) is 23.2 Å². The Bertz CT molecular complexity index is 1230. The topological polar surface area (TPSA) is 126 Å². The number of benzene rings is 2. The van der Waals surface area contributed by atoms with Crippen molar-refractivity contribution in [2.24, 2.45) is 0 Å². The second-order valence-electron chi connectivity index (χ2n) is 6.36. The number of furan rings is 1. The SMILES string of the molecule is COc1c(C(=O)/C=C/c2cccc(C(F)(F)P(=O)(O)O)c2)c(O)c(OC)c2occc12. The molecule has 1 heterocycles. The third-order valence-electron chi connectivity index (χ3n) is 4.48. The number of fused-ring (bicyclic) bond motifs is 1. The molecular weight excluding hydrogens is 437 g/mol. The lowest BCUT2D eigenvalue weighted by molar-refractivity contribution is 0.0564. The number of halogens is 2. The first-order valence-electron chi connectivity index (χ1n) is 8.63. The summed E-state index contributed by atoms with van der Waals surface area (Å²) in [7, 11) is -3.17. The molecule has 11 heteroatoms. The van der Waals surface area contributed by atoms with Gasteiger partial charge in [-0.2, -0.15) is 8.78 Å². The zero-order valence-electron chi connectivity index (χ0n) is 16.2. The van der Waals surface area contributed by atoms with Crippen LogP contribution in [0.4, 0.5) is 8.78 Å². The van der Waals surface area contributed by atoms with Crippen LogP contribution in [0.25, 0.3) is 17.0 Å². The van der Waals surface area contributed by atoms with E-state index in [1.807, 2.05) is 0 Å². The zero-order valence-corrected chi connectivity index (χ0v) is 17.1. The number of phenolic OH excluding ortho intramolecular Hbond substituents is 1. The Hall–Kier alpha value is -3.20. The minimum Gasteiger partial charge on any atom is -0.504 e. The van der Waals surface area contributed by atoms with Crippen molar-refractivity contribution in [3.8, 4) is 17.2 Å². The van der Waals surface area contributed by atoms with Crippen molar-refractivity contribution < 1.29 is 46.9 Å². The highest BCUT2D eigenvalue weighted by atomic mass is 31.2. The lowest BCUT2D eigenvalue weighted by Crippen LogP contribution is -2.13. The number of carbonyl (C=O) groups is 1. The second kappa shape index (κ2) is 8.14. The standard InChI is InChI=1S/C20H17F2O8P/c1-28-17-13-8-9-30-18(13)19(29-2)16(24)15(17)14(23)7-6-11-4-3-5-12(10-11)20(21,22)31(25,26)27/h3-10,24H,1-2H3,(H2,25,26,27)/b7-6+. The van der Waals surface area contributed by atoms with Gasteiger partial charge in [0.1, 0.15) is 11.3 Å². The van der Waals surface area contributed by atoms with E-state index in [-0.39, 0.29) is 28.2 Å². The zero-order chi connectivity index (χ0) is 23.0. The Balaban J connectivity index is 2.03. The van der Waals surface area contributed by atoms with Gasteiger partial charge in [-0.3, -0.25) is 9.36 Å². The third-order valence-corrected chi connectivity index (χ3v) is 5.47. The van der Waals surface area contributed by atoms with Crippen molar-refractivity contribution in [2.45, 2.75) is 5.66 Å². The summed E-state index contributed by atoms with van der Waals surface area (Å²) in [6.45, 7) is 0. The van der Waals surface area contributed by atoms with Gasteiger partial charge in [-0.15, -0.1) is 0 Å². The van der Waals surface area contributed by atoms with Crippen molar-refractivity contribution >= 4 is 30.4 Å². The van der Waals surface area contributed by atoms with Crippen molar-refractivity contribution in [1.82, 2.24) is 0 Å². The maximum Gasteiger partial charge on any atom is 0.399 e. The summed E-state index contributed by atoms with van der Waals surface area (Å²) >= 11 is 0. The molecule has 0 unspecified atom stereocenters. The highest BCUT2D eigenvalue weighted by molar-refractivity contribution is 7.52. The van der Waals surface area contributed by atoms with E-state index in [1.54, 1.807) is 0 Å². The number of aromatic hydroxyl groups is 1. The van der Waals surface area contributed by atoms with Crippen LogP contribution in [0.5, 0.6) is 17.2 Å². The normalized spacial score (nSPS) is 12.5. The number of ketones is 1. The Kier molecular flexibility index (Phi) is 5.91. The maximum absolute atomic E-state index is 13.9. The van der Waals surface area contributed by atoms with E-state index in [0.29, 0.717) is 5.39 Å². The van der Waals surface area contributed by atoms with Crippen LogP contribution in [0, 0.1) is 0 Å². The predicted molar refractivity (Wildman–Crippen MR) is 107 cm³/mol. The first-order valence-corrected chi connectivity index (χ1v) is 10.2. The number of allylic oxidation sites excluding steroid dienone is 1. The Labute approximate surface area is 174 Å². The molecule has 0 bridgehead atoms. The molecule has 8 nitrogen and oxygen atoms in total. The number of rotatable bonds is 7. The summed E-state index contributed by atoms with van der Waals surface area (Å²) in [5, 5.41) is 10.9. The van der Waals surface area contributed by atoms with E-state index in [0.717, 1.165) is 24.3 Å². The largest absolute Gasteiger partial charge is 0.504 e. The van der Waals surface area contributed by atoms with Crippen LogP contribution < -0.4 is 9.47 Å². The summed E-state index contributed by atoms with van der Waals surface area (Å²) in [4.78, 5) is 30.6. The monoisotopic (exact) mass is 454 g/mol. The molecule has 0 amide bonds. The van der Waals surface area contributed by atoms with E-state index in [2.05, 4.69) is 0 Å². The number of hydrogen-bond acceptors (Lipinski definition) is 6. The molecule has 0 saturated heterocycles. The van der Waals surface area contributed by atoms with Crippen molar-refractivity contribution in [2.75, 3.05) is 14.2 Å². The lowest BCUT2D eigenvalue weighted by Gasteiger charge is -2.18. The number of hydrogen-bond donors (Lipinski definition) is 3. The van der Waals surface area contributed by atoms with Gasteiger partial charge in [0, 0.05) is 5.56 Å². The molecule has 0 radical (unpaired) electrons. The van der Waals surface area contributed by atoms with Crippen LogP contribution in [0.3, 0.4) is 0 Å². The fourth-order valence-electron chi connectivity index (χ4n) is 3.01. The highest BCUT2D eigenvalue weighted by Gasteiger charge is 2.50. The number of carbonyl (C=O) groups excluding carboxylic acids is 1. The van der Waals surface area contributed by atoms with E-state index in [4.69, 9.17) is 23.7 Å². The molecule has 31 heavy (non-hydrogen) atoms. The quantitative estimate of drug-likeness (QED) is 0.274. The molecule has 0 atom stereocenters. The minimum absolute atomic E-state index is 0.0264. The van der Waals surface area contributed by atoms with Crippen LogP contribution >= 0.6 is 7.60 Å². The number of ether oxygens (including phenoxy) is 2. The number of phenols is 1. The molecule has 0 spiro atoms. The van der Waals surface area contributed by atoms with Gasteiger partial charge in [0.05, 0.1) is 25.9 Å². The van der Waals surface area contributed by atoms with E-state index in [1.165, 1.54) is 38.7 Å². The molecule has 0 aliphatic carbocycles. The summed E-state index contributed by atoms with van der Waals surface area (Å²) in [5.74, 6) is -1.32. The van der Waals surface area contributed by atoms with Crippen molar-refractivity contribution in [3.63, 3.8) is 0 Å². The molecule has 0 aliphatic heterocycles. The molecular formula is C20H17F2O8P. The molecule has 2 aromatic carbocycles. The average molecular weight is 454 g/mol. The molecule has 164 valence electrons. The fourth-order valence-corrected chi connectivity index (χ4v) is 3.49. The van der Waals surface area contributed by atoms with Gasteiger partial charge in [-0.05, 0) is 23.8 Å². The smallest absolute Gasteiger partial charge is 0.399 e.